The van der Waals surface area contributed by atoms with Crippen molar-refractivity contribution >= 4 is 5.78 Å². The van der Waals surface area contributed by atoms with Crippen LogP contribution in [0.5, 0.6) is 0 Å². The Morgan fingerprint density at radius 1 is 1.19 bits per heavy atom. The normalized spacial score (nSPS) is 10.1. The lowest BCUT2D eigenvalue weighted by atomic mass is 10.0. The second-order valence-corrected chi connectivity index (χ2v) is 3.48. The van der Waals surface area contributed by atoms with Crippen LogP contribution in [-0.2, 0) is 0 Å². The highest BCUT2D eigenvalue weighted by Gasteiger charge is 2.15. The minimum Gasteiger partial charge on any atom is -0.287 e. The molecule has 0 atom stereocenters. The number of hydrogen-bond acceptors (Lipinski definition) is 2. The van der Waals surface area contributed by atoms with Crippen LogP contribution >= 0.6 is 0 Å². The Morgan fingerprint density at radius 3 is 2.69 bits per heavy atom. The number of aromatic nitrogens is 1. The zero-order valence-corrected chi connectivity index (χ0v) is 8.77. The molecular weight excluding hydrogens is 205 g/mol. The van der Waals surface area contributed by atoms with Gasteiger partial charge in [-0.15, -0.1) is 0 Å². The molecular formula is C13H10FNO. The van der Waals surface area contributed by atoms with Gasteiger partial charge in [0.1, 0.15) is 11.5 Å². The molecule has 1 aromatic heterocycles. The van der Waals surface area contributed by atoms with Gasteiger partial charge in [0.2, 0.25) is 5.78 Å². The summed E-state index contributed by atoms with van der Waals surface area (Å²) in [6, 6.07) is 9.75. The van der Waals surface area contributed by atoms with E-state index in [1.165, 1.54) is 12.3 Å². The molecule has 1 heterocycles. The summed E-state index contributed by atoms with van der Waals surface area (Å²) in [5.41, 5.74) is 0.785. The highest BCUT2D eigenvalue weighted by molar-refractivity contribution is 6.07. The number of halogens is 1. The van der Waals surface area contributed by atoms with Crippen LogP contribution < -0.4 is 0 Å². The van der Waals surface area contributed by atoms with Crippen LogP contribution in [0.2, 0.25) is 0 Å². The number of hydrogen-bond donors (Lipinski definition) is 0. The molecule has 0 aliphatic heterocycles. The molecule has 0 aliphatic carbocycles. The zero-order chi connectivity index (χ0) is 11.5. The Labute approximate surface area is 92.8 Å². The number of rotatable bonds is 2. The quantitative estimate of drug-likeness (QED) is 0.721. The maximum absolute atomic E-state index is 13.7. The summed E-state index contributed by atoms with van der Waals surface area (Å²) in [6.07, 6.45) is 1.51. The summed E-state index contributed by atoms with van der Waals surface area (Å²) in [4.78, 5) is 15.8. The molecule has 0 radical (unpaired) electrons. The third-order valence-corrected chi connectivity index (χ3v) is 2.33. The molecule has 2 rings (SSSR count). The van der Waals surface area contributed by atoms with Crippen LogP contribution in [0.3, 0.4) is 0 Å². The predicted molar refractivity (Wildman–Crippen MR) is 58.8 cm³/mol. The molecule has 0 aliphatic rings. The topological polar surface area (TPSA) is 30.0 Å². The van der Waals surface area contributed by atoms with Gasteiger partial charge in [0.05, 0.1) is 5.56 Å². The third kappa shape index (κ3) is 1.84. The van der Waals surface area contributed by atoms with E-state index in [1.807, 2.05) is 0 Å². The van der Waals surface area contributed by atoms with Crippen molar-refractivity contribution in [3.05, 3.63) is 65.2 Å². The van der Waals surface area contributed by atoms with Crippen molar-refractivity contribution in [2.45, 2.75) is 6.92 Å². The van der Waals surface area contributed by atoms with Gasteiger partial charge in [-0.3, -0.25) is 9.78 Å². The lowest BCUT2D eigenvalue weighted by molar-refractivity contribution is 0.103. The first kappa shape index (κ1) is 10.5. The van der Waals surface area contributed by atoms with E-state index in [0.29, 0.717) is 5.56 Å². The van der Waals surface area contributed by atoms with Crippen LogP contribution in [0.1, 0.15) is 21.6 Å². The Kier molecular flexibility index (Phi) is 2.77. The SMILES string of the molecule is Cc1cccc(C(=O)c2ccccn2)c1F. The first-order valence-electron chi connectivity index (χ1n) is 4.91. The number of carbonyl (C=O) groups excluding carboxylic acids is 1. The van der Waals surface area contributed by atoms with Gasteiger partial charge in [-0.1, -0.05) is 18.2 Å². The maximum atomic E-state index is 13.7. The zero-order valence-electron chi connectivity index (χ0n) is 8.77. The van der Waals surface area contributed by atoms with E-state index in [2.05, 4.69) is 4.98 Å². The third-order valence-electron chi connectivity index (χ3n) is 2.33. The van der Waals surface area contributed by atoms with Crippen LogP contribution in [0.25, 0.3) is 0 Å². The second kappa shape index (κ2) is 4.23. The number of ketones is 1. The van der Waals surface area contributed by atoms with Crippen LogP contribution in [0.15, 0.2) is 42.6 Å². The molecule has 16 heavy (non-hydrogen) atoms. The molecule has 0 N–H and O–H groups in total. The smallest absolute Gasteiger partial charge is 0.214 e. The van der Waals surface area contributed by atoms with Crippen molar-refractivity contribution < 1.29 is 9.18 Å². The van der Waals surface area contributed by atoms with E-state index in [1.54, 1.807) is 37.3 Å². The summed E-state index contributed by atoms with van der Waals surface area (Å²) < 4.78 is 13.7. The van der Waals surface area contributed by atoms with Crippen molar-refractivity contribution in [1.82, 2.24) is 4.98 Å². The van der Waals surface area contributed by atoms with Gasteiger partial charge in [0.15, 0.2) is 0 Å². The van der Waals surface area contributed by atoms with E-state index in [4.69, 9.17) is 0 Å². The monoisotopic (exact) mass is 215 g/mol. The van der Waals surface area contributed by atoms with Crippen molar-refractivity contribution in [1.29, 1.82) is 0 Å². The van der Waals surface area contributed by atoms with Crippen LogP contribution in [0.4, 0.5) is 4.39 Å². The van der Waals surface area contributed by atoms with Gasteiger partial charge < -0.3 is 0 Å². The van der Waals surface area contributed by atoms with Crippen LogP contribution in [0, 0.1) is 12.7 Å². The molecule has 2 aromatic rings. The lowest BCUT2D eigenvalue weighted by Crippen LogP contribution is -2.06. The Morgan fingerprint density at radius 2 is 2.00 bits per heavy atom. The highest BCUT2D eigenvalue weighted by Crippen LogP contribution is 2.15. The summed E-state index contributed by atoms with van der Waals surface area (Å²) in [5.74, 6) is -0.861. The first-order valence-corrected chi connectivity index (χ1v) is 4.91. The van der Waals surface area contributed by atoms with Gasteiger partial charge in [0, 0.05) is 6.20 Å². The molecule has 0 fully saturated rings. The predicted octanol–water partition coefficient (Wildman–Crippen LogP) is 2.76. The molecule has 0 spiro atoms. The number of aryl methyl sites for hydroxylation is 1. The molecule has 80 valence electrons. The molecule has 3 heteroatoms. The van der Waals surface area contributed by atoms with E-state index in [-0.39, 0.29) is 17.0 Å². The average molecular weight is 215 g/mol. The Balaban J connectivity index is 2.46. The summed E-state index contributed by atoms with van der Waals surface area (Å²) in [5, 5.41) is 0. The molecule has 0 bridgehead atoms. The Bertz CT molecular complexity index is 523. The summed E-state index contributed by atoms with van der Waals surface area (Å²) in [6.45, 7) is 1.63. The maximum Gasteiger partial charge on any atom is 0.214 e. The molecule has 0 saturated heterocycles. The fourth-order valence-corrected chi connectivity index (χ4v) is 1.46. The van der Waals surface area contributed by atoms with Gasteiger partial charge in [-0.2, -0.15) is 0 Å². The number of benzene rings is 1. The largest absolute Gasteiger partial charge is 0.287 e. The van der Waals surface area contributed by atoms with Gasteiger partial charge in [-0.05, 0) is 30.7 Å². The first-order chi connectivity index (χ1) is 7.70. The van der Waals surface area contributed by atoms with Gasteiger partial charge >= 0.3 is 0 Å². The minimum absolute atomic E-state index is 0.0682. The fraction of sp³-hybridized carbons (Fsp3) is 0.0769. The molecule has 1 aromatic carbocycles. The Hall–Kier alpha value is -2.03. The van der Waals surface area contributed by atoms with Crippen molar-refractivity contribution in [2.75, 3.05) is 0 Å². The molecule has 0 saturated carbocycles. The number of carbonyl (C=O) groups is 1. The summed E-state index contributed by atoms with van der Waals surface area (Å²) in [7, 11) is 0. The van der Waals surface area contributed by atoms with Crippen LogP contribution in [-0.4, -0.2) is 10.8 Å². The van der Waals surface area contributed by atoms with Crippen molar-refractivity contribution in [2.24, 2.45) is 0 Å². The van der Waals surface area contributed by atoms with E-state index < -0.39 is 5.82 Å². The molecule has 0 unspecified atom stereocenters. The second-order valence-electron chi connectivity index (χ2n) is 3.48. The van der Waals surface area contributed by atoms with Crippen molar-refractivity contribution in [3.8, 4) is 0 Å². The fourth-order valence-electron chi connectivity index (χ4n) is 1.46. The average Bonchev–Trinajstić information content (AvgIpc) is 2.33. The standard InChI is InChI=1S/C13H10FNO/c1-9-5-4-6-10(12(9)14)13(16)11-7-2-3-8-15-11/h2-8H,1H3. The number of pyridine rings is 1. The van der Waals surface area contributed by atoms with Gasteiger partial charge in [0.25, 0.3) is 0 Å². The minimum atomic E-state index is -0.474. The molecule has 2 nitrogen and oxygen atoms in total. The van der Waals surface area contributed by atoms with E-state index >= 15 is 0 Å². The lowest BCUT2D eigenvalue weighted by Gasteiger charge is -2.03. The van der Waals surface area contributed by atoms with Gasteiger partial charge in [-0.25, -0.2) is 4.39 Å². The highest BCUT2D eigenvalue weighted by atomic mass is 19.1. The molecule has 0 amide bonds. The van der Waals surface area contributed by atoms with Crippen molar-refractivity contribution in [3.63, 3.8) is 0 Å². The van der Waals surface area contributed by atoms with E-state index in [0.717, 1.165) is 0 Å². The number of nitrogens with zero attached hydrogens (tertiary/aromatic N) is 1. The van der Waals surface area contributed by atoms with E-state index in [9.17, 15) is 9.18 Å². The summed E-state index contributed by atoms with van der Waals surface area (Å²) >= 11 is 0.